The molecule has 0 amide bonds. The first-order valence-corrected chi connectivity index (χ1v) is 6.46. The normalized spacial score (nSPS) is 16.9. The van der Waals surface area contributed by atoms with E-state index in [0.717, 1.165) is 24.2 Å². The van der Waals surface area contributed by atoms with Crippen LogP contribution in [-0.2, 0) is 16.1 Å². The molecule has 0 radical (unpaired) electrons. The number of carbonyl (C=O) groups is 1. The van der Waals surface area contributed by atoms with E-state index in [0.29, 0.717) is 25.2 Å². The summed E-state index contributed by atoms with van der Waals surface area (Å²) >= 11 is 0. The summed E-state index contributed by atoms with van der Waals surface area (Å²) in [6.07, 6.45) is 3.25. The van der Waals surface area contributed by atoms with Gasteiger partial charge in [-0.3, -0.25) is 4.79 Å². The van der Waals surface area contributed by atoms with Crippen LogP contribution in [-0.4, -0.2) is 19.0 Å². The van der Waals surface area contributed by atoms with Crippen LogP contribution in [0, 0.1) is 6.92 Å². The molecule has 0 spiro atoms. The largest absolute Gasteiger partial charge is 0.496 e. The van der Waals surface area contributed by atoms with E-state index < -0.39 is 0 Å². The Balaban J connectivity index is 1.93. The van der Waals surface area contributed by atoms with Gasteiger partial charge in [0.1, 0.15) is 11.5 Å². The molecule has 0 atom stereocenters. The standard InChI is InChI=1S/C15H20O3/c1-11-3-8-15(17-2)12(9-11)10-18-14-6-4-13(16)5-7-14/h3,8-9,14H,4-7,10H2,1-2H3. The Bertz CT molecular complexity index is 416. The van der Waals surface area contributed by atoms with Crippen LogP contribution in [0.15, 0.2) is 18.2 Å². The maximum atomic E-state index is 11.2. The smallest absolute Gasteiger partial charge is 0.133 e. The second kappa shape index (κ2) is 6.01. The second-order valence-corrected chi connectivity index (χ2v) is 4.86. The molecular formula is C15H20O3. The van der Waals surface area contributed by atoms with E-state index in [-0.39, 0.29) is 6.10 Å². The van der Waals surface area contributed by atoms with E-state index >= 15 is 0 Å². The lowest BCUT2D eigenvalue weighted by molar-refractivity contribution is -0.123. The highest BCUT2D eigenvalue weighted by atomic mass is 16.5. The fourth-order valence-corrected chi connectivity index (χ4v) is 2.31. The Morgan fingerprint density at radius 1 is 1.28 bits per heavy atom. The minimum Gasteiger partial charge on any atom is -0.496 e. The van der Waals surface area contributed by atoms with Crippen molar-refractivity contribution < 1.29 is 14.3 Å². The molecule has 1 fully saturated rings. The Morgan fingerprint density at radius 2 is 2.00 bits per heavy atom. The molecule has 0 aliphatic heterocycles. The summed E-state index contributed by atoms with van der Waals surface area (Å²) in [5, 5.41) is 0. The number of Topliss-reactive ketones (excluding diaryl/α,β-unsaturated/α-hetero) is 1. The first kappa shape index (κ1) is 13.1. The summed E-state index contributed by atoms with van der Waals surface area (Å²) in [6.45, 7) is 2.62. The number of hydrogen-bond acceptors (Lipinski definition) is 3. The van der Waals surface area contributed by atoms with Crippen molar-refractivity contribution in [3.8, 4) is 5.75 Å². The summed E-state index contributed by atoms with van der Waals surface area (Å²) in [6, 6.07) is 6.09. The van der Waals surface area contributed by atoms with Crippen LogP contribution in [0.5, 0.6) is 5.75 Å². The van der Waals surface area contributed by atoms with Gasteiger partial charge in [0.15, 0.2) is 0 Å². The van der Waals surface area contributed by atoms with E-state index in [9.17, 15) is 4.79 Å². The summed E-state index contributed by atoms with van der Waals surface area (Å²) < 4.78 is 11.2. The lowest BCUT2D eigenvalue weighted by Gasteiger charge is -2.22. The van der Waals surface area contributed by atoms with E-state index in [2.05, 4.69) is 13.0 Å². The molecule has 0 aromatic heterocycles. The molecule has 0 N–H and O–H groups in total. The third-order valence-electron chi connectivity index (χ3n) is 3.40. The third kappa shape index (κ3) is 3.33. The molecule has 1 aliphatic carbocycles. The van der Waals surface area contributed by atoms with Gasteiger partial charge in [-0.2, -0.15) is 0 Å². The van der Waals surface area contributed by atoms with E-state index in [1.54, 1.807) is 7.11 Å². The molecule has 98 valence electrons. The van der Waals surface area contributed by atoms with Gasteiger partial charge in [0, 0.05) is 18.4 Å². The van der Waals surface area contributed by atoms with Gasteiger partial charge in [0.05, 0.1) is 19.8 Å². The molecule has 1 aliphatic rings. The van der Waals surface area contributed by atoms with Gasteiger partial charge in [0.25, 0.3) is 0 Å². The highest BCUT2D eigenvalue weighted by Crippen LogP contribution is 2.24. The van der Waals surface area contributed by atoms with Crippen molar-refractivity contribution in [1.82, 2.24) is 0 Å². The van der Waals surface area contributed by atoms with Crippen LogP contribution < -0.4 is 4.74 Å². The minimum absolute atomic E-state index is 0.216. The Hall–Kier alpha value is -1.35. The van der Waals surface area contributed by atoms with E-state index in [1.807, 2.05) is 12.1 Å². The number of hydrogen-bond donors (Lipinski definition) is 0. The van der Waals surface area contributed by atoms with Crippen molar-refractivity contribution in [1.29, 1.82) is 0 Å². The Morgan fingerprint density at radius 3 is 2.67 bits per heavy atom. The number of ether oxygens (including phenoxy) is 2. The summed E-state index contributed by atoms with van der Waals surface area (Å²) in [5.74, 6) is 1.23. The number of rotatable bonds is 4. The highest BCUT2D eigenvalue weighted by Gasteiger charge is 2.19. The zero-order chi connectivity index (χ0) is 13.0. The minimum atomic E-state index is 0.216. The van der Waals surface area contributed by atoms with Gasteiger partial charge >= 0.3 is 0 Å². The van der Waals surface area contributed by atoms with Crippen molar-refractivity contribution in [3.63, 3.8) is 0 Å². The lowest BCUT2D eigenvalue weighted by Crippen LogP contribution is -2.21. The molecule has 0 unspecified atom stereocenters. The zero-order valence-corrected chi connectivity index (χ0v) is 11.1. The zero-order valence-electron chi connectivity index (χ0n) is 11.1. The van der Waals surface area contributed by atoms with Gasteiger partial charge in [-0.1, -0.05) is 17.7 Å². The van der Waals surface area contributed by atoms with Gasteiger partial charge < -0.3 is 9.47 Å². The first-order chi connectivity index (χ1) is 8.69. The van der Waals surface area contributed by atoms with Crippen LogP contribution in [0.1, 0.15) is 36.8 Å². The summed E-state index contributed by atoms with van der Waals surface area (Å²) in [4.78, 5) is 11.2. The topological polar surface area (TPSA) is 35.5 Å². The maximum absolute atomic E-state index is 11.2. The van der Waals surface area contributed by atoms with E-state index in [4.69, 9.17) is 9.47 Å². The van der Waals surface area contributed by atoms with Crippen molar-refractivity contribution in [2.75, 3.05) is 7.11 Å². The number of aryl methyl sites for hydroxylation is 1. The first-order valence-electron chi connectivity index (χ1n) is 6.46. The summed E-state index contributed by atoms with van der Waals surface area (Å²) in [7, 11) is 1.67. The Labute approximate surface area is 108 Å². The molecule has 18 heavy (non-hydrogen) atoms. The molecule has 0 heterocycles. The molecule has 0 bridgehead atoms. The molecule has 1 aromatic rings. The summed E-state index contributed by atoms with van der Waals surface area (Å²) in [5.41, 5.74) is 2.28. The maximum Gasteiger partial charge on any atom is 0.133 e. The molecule has 1 saturated carbocycles. The van der Waals surface area contributed by atoms with Crippen molar-refractivity contribution in [3.05, 3.63) is 29.3 Å². The monoisotopic (exact) mass is 248 g/mol. The number of methoxy groups -OCH3 is 1. The number of carbonyl (C=O) groups excluding carboxylic acids is 1. The predicted octanol–water partition coefficient (Wildman–Crippen LogP) is 3.03. The fraction of sp³-hybridized carbons (Fsp3) is 0.533. The van der Waals surface area contributed by atoms with Crippen molar-refractivity contribution in [2.24, 2.45) is 0 Å². The van der Waals surface area contributed by atoms with Crippen LogP contribution in [0.3, 0.4) is 0 Å². The van der Waals surface area contributed by atoms with Crippen LogP contribution >= 0.6 is 0 Å². The SMILES string of the molecule is COc1ccc(C)cc1COC1CCC(=O)CC1. The molecule has 0 saturated heterocycles. The van der Waals surface area contributed by atoms with Crippen LogP contribution in [0.4, 0.5) is 0 Å². The fourth-order valence-electron chi connectivity index (χ4n) is 2.31. The van der Waals surface area contributed by atoms with Gasteiger partial charge in [-0.25, -0.2) is 0 Å². The third-order valence-corrected chi connectivity index (χ3v) is 3.40. The predicted molar refractivity (Wildman–Crippen MR) is 69.8 cm³/mol. The number of benzene rings is 1. The Kier molecular flexibility index (Phi) is 4.37. The number of ketones is 1. The van der Waals surface area contributed by atoms with Gasteiger partial charge in [0.2, 0.25) is 0 Å². The quantitative estimate of drug-likeness (QED) is 0.821. The average molecular weight is 248 g/mol. The molecule has 3 nitrogen and oxygen atoms in total. The lowest BCUT2D eigenvalue weighted by atomic mass is 9.96. The average Bonchev–Trinajstić information content (AvgIpc) is 2.38. The van der Waals surface area contributed by atoms with Crippen LogP contribution in [0.2, 0.25) is 0 Å². The highest BCUT2D eigenvalue weighted by molar-refractivity contribution is 5.79. The molecule has 3 heteroatoms. The van der Waals surface area contributed by atoms with E-state index in [1.165, 1.54) is 5.56 Å². The second-order valence-electron chi connectivity index (χ2n) is 4.86. The van der Waals surface area contributed by atoms with Gasteiger partial charge in [-0.05, 0) is 25.8 Å². The van der Waals surface area contributed by atoms with Gasteiger partial charge in [-0.15, -0.1) is 0 Å². The molecular weight excluding hydrogens is 228 g/mol. The molecule has 1 aromatic carbocycles. The molecule has 2 rings (SSSR count). The van der Waals surface area contributed by atoms with Crippen molar-refractivity contribution >= 4 is 5.78 Å². The van der Waals surface area contributed by atoms with Crippen molar-refractivity contribution in [2.45, 2.75) is 45.3 Å². The van der Waals surface area contributed by atoms with Crippen LogP contribution in [0.25, 0.3) is 0 Å².